The average molecular weight is 235 g/mol. The molecule has 17 heavy (non-hydrogen) atoms. The minimum atomic E-state index is -0.161. The van der Waals surface area contributed by atoms with Gasteiger partial charge in [-0.15, -0.1) is 0 Å². The summed E-state index contributed by atoms with van der Waals surface area (Å²) in [6.45, 7) is 0.890. The number of fused-ring (bicyclic) bond motifs is 1. The van der Waals surface area contributed by atoms with E-state index in [0.717, 1.165) is 30.0 Å². The third kappa shape index (κ3) is 2.52. The Morgan fingerprint density at radius 3 is 3.00 bits per heavy atom. The van der Waals surface area contributed by atoms with Crippen molar-refractivity contribution in [3.8, 4) is 5.75 Å². The summed E-state index contributed by atoms with van der Waals surface area (Å²) in [5, 5.41) is 3.33. The summed E-state index contributed by atoms with van der Waals surface area (Å²) < 4.78 is 9.95. The molecule has 4 nitrogen and oxygen atoms in total. The second kappa shape index (κ2) is 5.08. The Morgan fingerprint density at radius 1 is 1.47 bits per heavy atom. The lowest BCUT2D eigenvalue weighted by molar-refractivity contribution is -0.141. The van der Waals surface area contributed by atoms with E-state index in [0.29, 0.717) is 6.42 Å². The van der Waals surface area contributed by atoms with Gasteiger partial charge in [0, 0.05) is 12.2 Å². The highest BCUT2D eigenvalue weighted by atomic mass is 16.5. The molecule has 0 radical (unpaired) electrons. The monoisotopic (exact) mass is 235 g/mol. The molecule has 0 spiro atoms. The van der Waals surface area contributed by atoms with Gasteiger partial charge in [-0.25, -0.2) is 0 Å². The van der Waals surface area contributed by atoms with Crippen LogP contribution >= 0.6 is 0 Å². The van der Waals surface area contributed by atoms with Crippen molar-refractivity contribution in [1.29, 1.82) is 0 Å². The largest absolute Gasteiger partial charge is 0.497 e. The van der Waals surface area contributed by atoms with Crippen molar-refractivity contribution in [3.63, 3.8) is 0 Å². The molecule has 0 fully saturated rings. The van der Waals surface area contributed by atoms with Crippen LogP contribution < -0.4 is 10.1 Å². The van der Waals surface area contributed by atoms with Gasteiger partial charge in [0.15, 0.2) is 0 Å². The topological polar surface area (TPSA) is 47.6 Å². The first kappa shape index (κ1) is 11.8. The molecule has 2 rings (SSSR count). The van der Waals surface area contributed by atoms with Crippen LogP contribution in [0, 0.1) is 0 Å². The first-order valence-electron chi connectivity index (χ1n) is 5.73. The number of anilines is 1. The van der Waals surface area contributed by atoms with Crippen LogP contribution in [0.1, 0.15) is 24.3 Å². The van der Waals surface area contributed by atoms with Crippen molar-refractivity contribution in [2.24, 2.45) is 0 Å². The molecule has 0 bridgehead atoms. The number of hydrogen-bond donors (Lipinski definition) is 1. The zero-order valence-electron chi connectivity index (χ0n) is 10.2. The molecule has 1 aliphatic rings. The van der Waals surface area contributed by atoms with Crippen LogP contribution in [-0.4, -0.2) is 26.7 Å². The zero-order valence-corrected chi connectivity index (χ0v) is 10.2. The summed E-state index contributed by atoms with van der Waals surface area (Å²) in [6, 6.07) is 5.92. The molecule has 0 aromatic heterocycles. The van der Waals surface area contributed by atoms with E-state index >= 15 is 0 Å². The number of rotatable bonds is 3. The third-order valence-electron chi connectivity index (χ3n) is 3.15. The molecule has 0 saturated heterocycles. The summed E-state index contributed by atoms with van der Waals surface area (Å²) in [5.74, 6) is 0.877. The highest BCUT2D eigenvalue weighted by molar-refractivity contribution is 5.71. The minimum Gasteiger partial charge on any atom is -0.497 e. The van der Waals surface area contributed by atoms with E-state index < -0.39 is 0 Å². The number of methoxy groups -OCH3 is 2. The molecule has 0 saturated carbocycles. The Balaban J connectivity index is 2.25. The van der Waals surface area contributed by atoms with E-state index in [1.807, 2.05) is 18.2 Å². The normalized spacial score (nSPS) is 17.9. The van der Waals surface area contributed by atoms with Gasteiger partial charge in [0.05, 0.1) is 20.6 Å². The molecule has 0 aliphatic carbocycles. The van der Waals surface area contributed by atoms with Crippen molar-refractivity contribution in [3.05, 3.63) is 23.8 Å². The van der Waals surface area contributed by atoms with Gasteiger partial charge >= 0.3 is 5.97 Å². The van der Waals surface area contributed by atoms with Crippen molar-refractivity contribution < 1.29 is 14.3 Å². The van der Waals surface area contributed by atoms with Gasteiger partial charge in [-0.1, -0.05) is 0 Å². The lowest BCUT2D eigenvalue weighted by atomic mass is 9.88. The number of benzene rings is 1. The highest BCUT2D eigenvalue weighted by Gasteiger charge is 2.23. The predicted octanol–water partition coefficient (Wildman–Crippen LogP) is 2.16. The molecule has 1 heterocycles. The second-order valence-electron chi connectivity index (χ2n) is 4.15. The Labute approximate surface area is 101 Å². The van der Waals surface area contributed by atoms with E-state index in [1.54, 1.807) is 7.11 Å². The molecule has 0 amide bonds. The first-order chi connectivity index (χ1) is 8.24. The van der Waals surface area contributed by atoms with Gasteiger partial charge < -0.3 is 14.8 Å². The molecule has 1 aromatic rings. The molecule has 1 atom stereocenters. The van der Waals surface area contributed by atoms with Crippen LogP contribution in [-0.2, 0) is 9.53 Å². The van der Waals surface area contributed by atoms with E-state index in [2.05, 4.69) is 5.32 Å². The highest BCUT2D eigenvalue weighted by Crippen LogP contribution is 2.36. The minimum absolute atomic E-state index is 0.161. The predicted molar refractivity (Wildman–Crippen MR) is 65.5 cm³/mol. The summed E-state index contributed by atoms with van der Waals surface area (Å²) in [4.78, 5) is 11.4. The summed E-state index contributed by atoms with van der Waals surface area (Å²) in [6.07, 6.45) is 1.37. The average Bonchev–Trinajstić information content (AvgIpc) is 2.38. The molecule has 4 heteroatoms. The third-order valence-corrected chi connectivity index (χ3v) is 3.15. The number of ether oxygens (including phenoxy) is 2. The van der Waals surface area contributed by atoms with Gasteiger partial charge in [0.1, 0.15) is 5.75 Å². The fourth-order valence-electron chi connectivity index (χ4n) is 2.20. The molecule has 1 N–H and O–H groups in total. The fraction of sp³-hybridized carbons (Fsp3) is 0.462. The number of hydrogen-bond acceptors (Lipinski definition) is 4. The number of carbonyl (C=O) groups excluding carboxylic acids is 1. The lowest BCUT2D eigenvalue weighted by Crippen LogP contribution is -2.19. The summed E-state index contributed by atoms with van der Waals surface area (Å²) in [7, 11) is 3.07. The molecule has 1 aromatic carbocycles. The van der Waals surface area contributed by atoms with Crippen LogP contribution in [0.2, 0.25) is 0 Å². The second-order valence-corrected chi connectivity index (χ2v) is 4.15. The molecular formula is C13H17NO3. The smallest absolute Gasteiger partial charge is 0.306 e. The van der Waals surface area contributed by atoms with Gasteiger partial charge in [-0.05, 0) is 36.1 Å². The SMILES string of the molecule is COC(=O)CC1CCNc2ccc(OC)cc21. The van der Waals surface area contributed by atoms with Crippen LogP contribution in [0.15, 0.2) is 18.2 Å². The van der Waals surface area contributed by atoms with Gasteiger partial charge in [0.25, 0.3) is 0 Å². The summed E-state index contributed by atoms with van der Waals surface area (Å²) in [5.41, 5.74) is 2.23. The van der Waals surface area contributed by atoms with Crippen LogP contribution in [0.4, 0.5) is 5.69 Å². The fourth-order valence-corrected chi connectivity index (χ4v) is 2.20. The number of nitrogens with one attached hydrogen (secondary N) is 1. The van der Waals surface area contributed by atoms with Crippen LogP contribution in [0.3, 0.4) is 0 Å². The quantitative estimate of drug-likeness (QED) is 0.815. The first-order valence-corrected chi connectivity index (χ1v) is 5.73. The Morgan fingerprint density at radius 2 is 2.29 bits per heavy atom. The zero-order chi connectivity index (χ0) is 12.3. The molecule has 1 aliphatic heterocycles. The van der Waals surface area contributed by atoms with Crippen molar-refractivity contribution in [2.45, 2.75) is 18.8 Å². The maximum Gasteiger partial charge on any atom is 0.306 e. The van der Waals surface area contributed by atoms with E-state index in [9.17, 15) is 4.79 Å². The van der Waals surface area contributed by atoms with E-state index in [1.165, 1.54) is 7.11 Å². The van der Waals surface area contributed by atoms with Gasteiger partial charge in [-0.3, -0.25) is 4.79 Å². The maximum absolute atomic E-state index is 11.4. The Kier molecular flexibility index (Phi) is 3.52. The Bertz CT molecular complexity index is 417. The van der Waals surface area contributed by atoms with Crippen LogP contribution in [0.25, 0.3) is 0 Å². The molecule has 1 unspecified atom stereocenters. The standard InChI is InChI=1S/C13H17NO3/c1-16-10-3-4-12-11(8-10)9(5-6-14-12)7-13(15)17-2/h3-4,8-9,14H,5-7H2,1-2H3. The summed E-state index contributed by atoms with van der Waals surface area (Å²) >= 11 is 0. The van der Waals surface area contributed by atoms with Crippen molar-refractivity contribution in [1.82, 2.24) is 0 Å². The van der Waals surface area contributed by atoms with E-state index in [-0.39, 0.29) is 11.9 Å². The number of esters is 1. The molecular weight excluding hydrogens is 218 g/mol. The van der Waals surface area contributed by atoms with Crippen LogP contribution in [0.5, 0.6) is 5.75 Å². The Hall–Kier alpha value is -1.71. The van der Waals surface area contributed by atoms with Crippen molar-refractivity contribution >= 4 is 11.7 Å². The number of carbonyl (C=O) groups is 1. The maximum atomic E-state index is 11.4. The van der Waals surface area contributed by atoms with Gasteiger partial charge in [0.2, 0.25) is 0 Å². The van der Waals surface area contributed by atoms with E-state index in [4.69, 9.17) is 9.47 Å². The molecule has 92 valence electrons. The van der Waals surface area contributed by atoms with Gasteiger partial charge in [-0.2, -0.15) is 0 Å². The van der Waals surface area contributed by atoms with Crippen molar-refractivity contribution in [2.75, 3.05) is 26.1 Å². The lowest BCUT2D eigenvalue weighted by Gasteiger charge is -2.26.